The number of ketones is 1. The van der Waals surface area contributed by atoms with Crippen LogP contribution in [0.15, 0.2) is 59.8 Å². The molecule has 1 amide bonds. The molecule has 7 nitrogen and oxygen atoms in total. The molecule has 0 radical (unpaired) electrons. The number of aromatic nitrogens is 3. The van der Waals surface area contributed by atoms with E-state index in [1.165, 1.54) is 11.8 Å². The highest BCUT2D eigenvalue weighted by Gasteiger charge is 2.21. The highest BCUT2D eigenvalue weighted by molar-refractivity contribution is 7.99. The van der Waals surface area contributed by atoms with Crippen LogP contribution in [0.2, 0.25) is 0 Å². The number of thioether (sulfide) groups is 1. The lowest BCUT2D eigenvalue weighted by Crippen LogP contribution is -2.29. The molecule has 0 fully saturated rings. The maximum absolute atomic E-state index is 12.6. The third-order valence-corrected chi connectivity index (χ3v) is 5.70. The summed E-state index contributed by atoms with van der Waals surface area (Å²) in [4.78, 5) is 25.1. The minimum absolute atomic E-state index is 0.0504. The number of carbonyl (C=O) groups excluding carboxylic acids is 2. The summed E-state index contributed by atoms with van der Waals surface area (Å²) in [6.45, 7) is 6.72. The van der Waals surface area contributed by atoms with Gasteiger partial charge in [0.2, 0.25) is 0 Å². The third-order valence-electron chi connectivity index (χ3n) is 4.73. The smallest absolute Gasteiger partial charge is 0.251 e. The molecule has 0 bridgehead atoms. The molecule has 0 aliphatic heterocycles. The fourth-order valence-electron chi connectivity index (χ4n) is 3.14. The van der Waals surface area contributed by atoms with Gasteiger partial charge in [0.1, 0.15) is 0 Å². The van der Waals surface area contributed by atoms with Gasteiger partial charge in [0.05, 0.1) is 23.4 Å². The van der Waals surface area contributed by atoms with Crippen LogP contribution in [0.1, 0.15) is 58.9 Å². The van der Waals surface area contributed by atoms with E-state index in [4.69, 9.17) is 5.26 Å². The van der Waals surface area contributed by atoms with Gasteiger partial charge in [0.15, 0.2) is 16.8 Å². The molecular weight excluding hydrogens is 422 g/mol. The first-order valence-electron chi connectivity index (χ1n) is 10.3. The number of nitriles is 1. The lowest BCUT2D eigenvalue weighted by atomic mass is 10.1. The Labute approximate surface area is 191 Å². The molecule has 0 unspecified atom stereocenters. The van der Waals surface area contributed by atoms with Crippen molar-refractivity contribution in [2.45, 2.75) is 38.5 Å². The van der Waals surface area contributed by atoms with Gasteiger partial charge in [-0.05, 0) is 37.1 Å². The van der Waals surface area contributed by atoms with Crippen LogP contribution in [-0.4, -0.2) is 32.2 Å². The van der Waals surface area contributed by atoms with E-state index >= 15 is 0 Å². The number of hydrogen-bond donors (Lipinski definition) is 1. The lowest BCUT2D eigenvalue weighted by Gasteiger charge is -2.17. The zero-order valence-corrected chi connectivity index (χ0v) is 19.1. The average Bonchev–Trinajstić information content (AvgIpc) is 3.19. The fourth-order valence-corrected chi connectivity index (χ4v) is 3.99. The predicted octanol–water partition coefficient (Wildman–Crippen LogP) is 4.27. The summed E-state index contributed by atoms with van der Waals surface area (Å²) in [6.07, 6.45) is 0. The molecular formula is C24H25N5O2S. The summed E-state index contributed by atoms with van der Waals surface area (Å²) in [7, 11) is 0. The average molecular weight is 448 g/mol. The standard InChI is InChI=1S/C24H25N5O2S/c1-16(2)14-29-22(17(3)26-23(31)20-7-5-4-6-8-20)27-28-24(29)32-15-21(30)19-11-9-18(13-25)10-12-19/h4-12,16-17H,14-15H2,1-3H3,(H,26,31)/t17-/m1/s1. The molecule has 3 aromatic rings. The Morgan fingerprint density at radius 1 is 1.03 bits per heavy atom. The summed E-state index contributed by atoms with van der Waals surface area (Å²) in [5.74, 6) is 0.951. The van der Waals surface area contributed by atoms with Crippen molar-refractivity contribution in [1.82, 2.24) is 20.1 Å². The van der Waals surface area contributed by atoms with Crippen LogP contribution in [0.4, 0.5) is 0 Å². The van der Waals surface area contributed by atoms with Crippen LogP contribution in [0.3, 0.4) is 0 Å². The van der Waals surface area contributed by atoms with Gasteiger partial charge in [-0.2, -0.15) is 5.26 Å². The Hall–Kier alpha value is -3.44. The largest absolute Gasteiger partial charge is 0.342 e. The highest BCUT2D eigenvalue weighted by Crippen LogP contribution is 2.23. The number of carbonyl (C=O) groups is 2. The molecule has 1 aromatic heterocycles. The van der Waals surface area contributed by atoms with Crippen molar-refractivity contribution in [1.29, 1.82) is 5.26 Å². The molecule has 1 atom stereocenters. The molecule has 0 aliphatic rings. The fraction of sp³-hybridized carbons (Fsp3) is 0.292. The molecule has 0 saturated carbocycles. The molecule has 164 valence electrons. The molecule has 32 heavy (non-hydrogen) atoms. The van der Waals surface area contributed by atoms with Crippen molar-refractivity contribution in [2.24, 2.45) is 5.92 Å². The van der Waals surface area contributed by atoms with Crippen LogP contribution in [0.25, 0.3) is 0 Å². The Kier molecular flexibility index (Phi) is 7.79. The molecule has 1 N–H and O–H groups in total. The first-order chi connectivity index (χ1) is 15.4. The van der Waals surface area contributed by atoms with Crippen molar-refractivity contribution in [3.63, 3.8) is 0 Å². The highest BCUT2D eigenvalue weighted by atomic mass is 32.2. The van der Waals surface area contributed by atoms with Crippen molar-refractivity contribution in [3.8, 4) is 6.07 Å². The van der Waals surface area contributed by atoms with E-state index < -0.39 is 0 Å². The Morgan fingerprint density at radius 3 is 2.34 bits per heavy atom. The summed E-state index contributed by atoms with van der Waals surface area (Å²) in [6, 6.07) is 17.3. The van der Waals surface area contributed by atoms with Crippen molar-refractivity contribution < 1.29 is 9.59 Å². The number of nitrogens with one attached hydrogen (secondary N) is 1. The van der Waals surface area contributed by atoms with Crippen molar-refractivity contribution >= 4 is 23.5 Å². The van der Waals surface area contributed by atoms with Crippen molar-refractivity contribution in [2.75, 3.05) is 5.75 Å². The number of benzene rings is 2. The monoisotopic (exact) mass is 447 g/mol. The molecule has 3 rings (SSSR count). The summed E-state index contributed by atoms with van der Waals surface area (Å²) >= 11 is 1.32. The minimum atomic E-state index is -0.350. The van der Waals surface area contributed by atoms with E-state index in [1.54, 1.807) is 36.4 Å². The predicted molar refractivity (Wildman–Crippen MR) is 123 cm³/mol. The Balaban J connectivity index is 1.73. The number of amides is 1. The number of nitrogens with zero attached hydrogens (tertiary/aromatic N) is 4. The molecule has 0 aliphatic carbocycles. The van der Waals surface area contributed by atoms with Gasteiger partial charge in [-0.3, -0.25) is 9.59 Å². The summed E-state index contributed by atoms with van der Waals surface area (Å²) in [5.41, 5.74) is 1.65. The maximum atomic E-state index is 12.6. The van der Waals surface area contributed by atoms with Crippen LogP contribution >= 0.6 is 11.8 Å². The zero-order chi connectivity index (χ0) is 23.1. The van der Waals surface area contributed by atoms with Gasteiger partial charge >= 0.3 is 0 Å². The van der Waals surface area contributed by atoms with Gasteiger partial charge in [0, 0.05) is 17.7 Å². The number of Topliss-reactive ketones (excluding diaryl/α,β-unsaturated/α-hetero) is 1. The van der Waals surface area contributed by atoms with Crippen LogP contribution < -0.4 is 5.32 Å². The van der Waals surface area contributed by atoms with E-state index in [-0.39, 0.29) is 23.5 Å². The second-order valence-electron chi connectivity index (χ2n) is 7.81. The normalized spacial score (nSPS) is 11.7. The first-order valence-corrected chi connectivity index (χ1v) is 11.3. The minimum Gasteiger partial charge on any atom is -0.342 e. The van der Waals surface area contributed by atoms with Crippen LogP contribution in [0.5, 0.6) is 0 Å². The van der Waals surface area contributed by atoms with E-state index in [2.05, 4.69) is 29.4 Å². The lowest BCUT2D eigenvalue weighted by molar-refractivity contribution is 0.0936. The van der Waals surface area contributed by atoms with E-state index in [0.717, 1.165) is 0 Å². The quantitative estimate of drug-likeness (QED) is 0.388. The van der Waals surface area contributed by atoms with E-state index in [9.17, 15) is 9.59 Å². The number of hydrogen-bond acceptors (Lipinski definition) is 6. The van der Waals surface area contributed by atoms with Gasteiger partial charge in [-0.25, -0.2) is 0 Å². The van der Waals surface area contributed by atoms with Crippen LogP contribution in [0, 0.1) is 17.2 Å². The molecule has 8 heteroatoms. The van der Waals surface area contributed by atoms with Gasteiger partial charge in [-0.1, -0.05) is 55.9 Å². The van der Waals surface area contributed by atoms with Crippen LogP contribution in [-0.2, 0) is 6.54 Å². The van der Waals surface area contributed by atoms with Gasteiger partial charge < -0.3 is 9.88 Å². The Morgan fingerprint density at radius 2 is 1.72 bits per heavy atom. The maximum Gasteiger partial charge on any atom is 0.251 e. The van der Waals surface area contributed by atoms with E-state index in [1.807, 2.05) is 35.8 Å². The molecule has 0 spiro atoms. The zero-order valence-electron chi connectivity index (χ0n) is 18.3. The van der Waals surface area contributed by atoms with Gasteiger partial charge in [-0.15, -0.1) is 10.2 Å². The van der Waals surface area contributed by atoms with Crippen molar-refractivity contribution in [3.05, 3.63) is 77.1 Å². The third kappa shape index (κ3) is 5.83. The number of rotatable bonds is 9. The summed E-state index contributed by atoms with van der Waals surface area (Å²) < 4.78 is 1.97. The summed E-state index contributed by atoms with van der Waals surface area (Å²) in [5, 5.41) is 21.1. The topological polar surface area (TPSA) is 101 Å². The second-order valence-corrected chi connectivity index (χ2v) is 8.75. The molecule has 0 saturated heterocycles. The molecule has 2 aromatic carbocycles. The molecule has 1 heterocycles. The first kappa shape index (κ1) is 23.2. The SMILES string of the molecule is CC(C)Cn1c(SCC(=O)c2ccc(C#N)cc2)nnc1[C@@H](C)NC(=O)c1ccccc1. The second kappa shape index (κ2) is 10.7. The van der Waals surface area contributed by atoms with E-state index in [0.29, 0.717) is 40.1 Å². The van der Waals surface area contributed by atoms with Gasteiger partial charge in [0.25, 0.3) is 5.91 Å². The Bertz CT molecular complexity index is 1120.